The van der Waals surface area contributed by atoms with Gasteiger partial charge in [0.05, 0.1) is 17.6 Å². The Hall–Kier alpha value is -2.04. The Kier molecular flexibility index (Phi) is 4.40. The minimum Gasteiger partial charge on any atom is -0.508 e. The maximum Gasteiger partial charge on any atom is 0.124 e. The van der Waals surface area contributed by atoms with Crippen LogP contribution in [0.2, 0.25) is 5.02 Å². The topological polar surface area (TPSA) is 41.3 Å². The molecule has 1 aliphatic rings. The molecular weight excluding hydrogens is 334 g/mol. The molecule has 1 aromatic heterocycles. The normalized spacial score (nSPS) is 18.2. The molecule has 25 heavy (non-hydrogen) atoms. The summed E-state index contributed by atoms with van der Waals surface area (Å²) in [5.41, 5.74) is 3.08. The van der Waals surface area contributed by atoms with Crippen LogP contribution in [0.25, 0.3) is 11.0 Å². The molecule has 2 aromatic carbocycles. The Bertz CT molecular complexity index is 888. The van der Waals surface area contributed by atoms with Crippen LogP contribution in [0.5, 0.6) is 5.75 Å². The number of aromatic hydroxyl groups is 1. The van der Waals surface area contributed by atoms with Gasteiger partial charge >= 0.3 is 0 Å². The van der Waals surface area contributed by atoms with Gasteiger partial charge in [-0.1, -0.05) is 23.7 Å². The van der Waals surface area contributed by atoms with E-state index in [2.05, 4.69) is 28.5 Å². The van der Waals surface area contributed by atoms with Gasteiger partial charge in [-0.25, -0.2) is 4.98 Å². The summed E-state index contributed by atoms with van der Waals surface area (Å²) >= 11 is 6.01. The third-order valence-electron chi connectivity index (χ3n) is 5.10. The number of nitrogens with zero attached hydrogens (tertiary/aromatic N) is 3. The van der Waals surface area contributed by atoms with Crippen LogP contribution in [-0.2, 0) is 13.1 Å². The standard InChI is InChI=1S/C20H22ClN3O/c1-14-3-2-10-23(14)13-20-22-18-11-17(25)8-9-19(18)24(20)12-15-4-6-16(21)7-5-15/h4-9,11,14,25H,2-3,10,12-13H2,1H3/t14-/m1/s1. The van der Waals surface area contributed by atoms with Crippen molar-refractivity contribution in [1.82, 2.24) is 14.5 Å². The van der Waals surface area contributed by atoms with Gasteiger partial charge in [0.2, 0.25) is 0 Å². The highest BCUT2D eigenvalue weighted by molar-refractivity contribution is 6.30. The molecule has 0 aliphatic carbocycles. The molecule has 0 radical (unpaired) electrons. The van der Waals surface area contributed by atoms with Gasteiger partial charge in [-0.3, -0.25) is 4.90 Å². The number of halogens is 1. The number of aromatic nitrogens is 2. The van der Waals surface area contributed by atoms with Crippen LogP contribution < -0.4 is 0 Å². The number of likely N-dealkylation sites (tertiary alicyclic amines) is 1. The third-order valence-corrected chi connectivity index (χ3v) is 5.35. The van der Waals surface area contributed by atoms with Gasteiger partial charge in [-0.2, -0.15) is 0 Å². The van der Waals surface area contributed by atoms with Crippen molar-refractivity contribution in [3.05, 3.63) is 58.9 Å². The van der Waals surface area contributed by atoms with E-state index in [0.717, 1.165) is 41.5 Å². The van der Waals surface area contributed by atoms with Crippen LogP contribution in [0.15, 0.2) is 42.5 Å². The molecule has 1 N–H and O–H groups in total. The largest absolute Gasteiger partial charge is 0.508 e. The Morgan fingerprint density at radius 1 is 1.16 bits per heavy atom. The number of phenols is 1. The molecule has 3 aromatic rings. The lowest BCUT2D eigenvalue weighted by Crippen LogP contribution is -2.28. The lowest BCUT2D eigenvalue weighted by Gasteiger charge is -2.21. The van der Waals surface area contributed by atoms with Crippen LogP contribution in [0, 0.1) is 0 Å². The summed E-state index contributed by atoms with van der Waals surface area (Å²) in [7, 11) is 0. The molecule has 5 heteroatoms. The number of hydrogen-bond acceptors (Lipinski definition) is 3. The van der Waals surface area contributed by atoms with Gasteiger partial charge in [-0.15, -0.1) is 0 Å². The first kappa shape index (κ1) is 16.4. The molecule has 4 rings (SSSR count). The predicted molar refractivity (Wildman–Crippen MR) is 101 cm³/mol. The van der Waals surface area contributed by atoms with Gasteiger partial charge < -0.3 is 9.67 Å². The number of imidazole rings is 1. The second kappa shape index (κ2) is 6.70. The second-order valence-electron chi connectivity index (χ2n) is 6.88. The summed E-state index contributed by atoms with van der Waals surface area (Å²) in [6, 6.07) is 14.0. The van der Waals surface area contributed by atoms with Crippen LogP contribution in [-0.4, -0.2) is 32.1 Å². The number of phenolic OH excluding ortho intramolecular Hbond substituents is 1. The number of fused-ring (bicyclic) bond motifs is 1. The minimum absolute atomic E-state index is 0.254. The smallest absolute Gasteiger partial charge is 0.124 e. The first-order valence-corrected chi connectivity index (χ1v) is 9.14. The molecule has 0 bridgehead atoms. The quantitative estimate of drug-likeness (QED) is 0.752. The molecule has 1 fully saturated rings. The van der Waals surface area contributed by atoms with Gasteiger partial charge in [-0.05, 0) is 56.1 Å². The summed E-state index contributed by atoms with van der Waals surface area (Å²) in [5, 5.41) is 10.5. The van der Waals surface area contributed by atoms with Crippen molar-refractivity contribution in [2.75, 3.05) is 6.54 Å². The number of benzene rings is 2. The minimum atomic E-state index is 0.254. The van der Waals surface area contributed by atoms with E-state index < -0.39 is 0 Å². The Morgan fingerprint density at radius 2 is 1.96 bits per heavy atom. The van der Waals surface area contributed by atoms with Gasteiger partial charge in [0, 0.05) is 23.7 Å². The fourth-order valence-electron chi connectivity index (χ4n) is 3.65. The van der Waals surface area contributed by atoms with Crippen molar-refractivity contribution >= 4 is 22.6 Å². The van der Waals surface area contributed by atoms with E-state index in [4.69, 9.17) is 16.6 Å². The molecule has 1 aliphatic heterocycles. The summed E-state index contributed by atoms with van der Waals surface area (Å²) in [4.78, 5) is 7.31. The molecule has 0 saturated carbocycles. The van der Waals surface area contributed by atoms with Crippen molar-refractivity contribution in [1.29, 1.82) is 0 Å². The zero-order valence-electron chi connectivity index (χ0n) is 14.3. The van der Waals surface area contributed by atoms with E-state index in [1.54, 1.807) is 12.1 Å². The molecule has 0 spiro atoms. The number of hydrogen-bond donors (Lipinski definition) is 1. The highest BCUT2D eigenvalue weighted by Gasteiger charge is 2.23. The van der Waals surface area contributed by atoms with Crippen molar-refractivity contribution in [3.63, 3.8) is 0 Å². The molecule has 1 atom stereocenters. The van der Waals surface area contributed by atoms with Crippen LogP contribution in [0.3, 0.4) is 0 Å². The van der Waals surface area contributed by atoms with Crippen LogP contribution in [0.4, 0.5) is 0 Å². The maximum absolute atomic E-state index is 9.80. The molecule has 1 saturated heterocycles. The lowest BCUT2D eigenvalue weighted by molar-refractivity contribution is 0.251. The zero-order valence-corrected chi connectivity index (χ0v) is 15.1. The van der Waals surface area contributed by atoms with Gasteiger partial charge in [0.25, 0.3) is 0 Å². The summed E-state index contributed by atoms with van der Waals surface area (Å²) in [6.45, 7) is 4.99. The molecule has 0 amide bonds. The Morgan fingerprint density at radius 3 is 2.68 bits per heavy atom. The van der Waals surface area contributed by atoms with Gasteiger partial charge in [0.1, 0.15) is 11.6 Å². The van der Waals surface area contributed by atoms with Crippen LogP contribution >= 0.6 is 11.6 Å². The first-order valence-electron chi connectivity index (χ1n) is 8.77. The summed E-state index contributed by atoms with van der Waals surface area (Å²) in [6.07, 6.45) is 2.50. The van der Waals surface area contributed by atoms with E-state index in [0.29, 0.717) is 6.04 Å². The van der Waals surface area contributed by atoms with Crippen molar-refractivity contribution < 1.29 is 5.11 Å². The highest BCUT2D eigenvalue weighted by Crippen LogP contribution is 2.25. The summed E-state index contributed by atoms with van der Waals surface area (Å²) in [5.74, 6) is 1.30. The van der Waals surface area contributed by atoms with E-state index in [9.17, 15) is 5.11 Å². The van der Waals surface area contributed by atoms with Crippen molar-refractivity contribution in [3.8, 4) is 5.75 Å². The van der Waals surface area contributed by atoms with E-state index in [-0.39, 0.29) is 5.75 Å². The fourth-order valence-corrected chi connectivity index (χ4v) is 3.77. The fraction of sp³-hybridized carbons (Fsp3) is 0.350. The average molecular weight is 356 g/mol. The third kappa shape index (κ3) is 3.37. The molecule has 0 unspecified atom stereocenters. The highest BCUT2D eigenvalue weighted by atomic mass is 35.5. The van der Waals surface area contributed by atoms with E-state index >= 15 is 0 Å². The Labute approximate surface area is 152 Å². The zero-order chi connectivity index (χ0) is 17.4. The molecule has 130 valence electrons. The maximum atomic E-state index is 9.80. The Balaban J connectivity index is 1.73. The monoisotopic (exact) mass is 355 g/mol. The number of rotatable bonds is 4. The molecule has 4 nitrogen and oxygen atoms in total. The predicted octanol–water partition coefficient (Wildman–Crippen LogP) is 4.43. The van der Waals surface area contributed by atoms with E-state index in [1.807, 2.05) is 18.2 Å². The van der Waals surface area contributed by atoms with Crippen molar-refractivity contribution in [2.24, 2.45) is 0 Å². The van der Waals surface area contributed by atoms with E-state index in [1.165, 1.54) is 18.4 Å². The van der Waals surface area contributed by atoms with Gasteiger partial charge in [0.15, 0.2) is 0 Å². The summed E-state index contributed by atoms with van der Waals surface area (Å²) < 4.78 is 2.25. The lowest BCUT2D eigenvalue weighted by atomic mass is 10.2. The SMILES string of the molecule is C[C@@H]1CCCN1Cc1nc2cc(O)ccc2n1Cc1ccc(Cl)cc1. The van der Waals surface area contributed by atoms with Crippen molar-refractivity contribution in [2.45, 2.75) is 38.9 Å². The average Bonchev–Trinajstić information content (AvgIpc) is 3.14. The molecular formula is C20H22ClN3O. The van der Waals surface area contributed by atoms with Crippen LogP contribution in [0.1, 0.15) is 31.2 Å². The second-order valence-corrected chi connectivity index (χ2v) is 7.31. The first-order chi connectivity index (χ1) is 12.1. The molecule has 2 heterocycles.